The smallest absolute Gasteiger partial charge is 0.287 e. The van der Waals surface area contributed by atoms with E-state index in [-0.39, 0.29) is 18.0 Å². The highest BCUT2D eigenvalue weighted by atomic mass is 35.5. The standard InChI is InChI=1S/C16H18Cl2N4O/c1-10-15(11-4-6-20(10)7-5-11)22(18)16(23)13-8-12-2-3-14(17)21(12)9-19-13/h2-3,8-11,15H,4-7H2,1H3/t10-,15-/m0/s1. The van der Waals surface area contributed by atoms with Gasteiger partial charge in [-0.1, -0.05) is 11.6 Å². The van der Waals surface area contributed by atoms with Crippen LogP contribution in [0, 0.1) is 5.92 Å². The molecule has 2 bridgehead atoms. The zero-order valence-electron chi connectivity index (χ0n) is 12.8. The second-order valence-corrected chi connectivity index (χ2v) is 7.20. The Kier molecular flexibility index (Phi) is 3.75. The molecule has 0 aliphatic carbocycles. The summed E-state index contributed by atoms with van der Waals surface area (Å²) in [5.41, 5.74) is 1.19. The second kappa shape index (κ2) is 5.65. The van der Waals surface area contributed by atoms with Gasteiger partial charge in [-0.15, -0.1) is 0 Å². The highest BCUT2D eigenvalue weighted by molar-refractivity contribution is 6.30. The minimum atomic E-state index is -0.239. The van der Waals surface area contributed by atoms with E-state index in [1.165, 1.54) is 4.42 Å². The van der Waals surface area contributed by atoms with Crippen LogP contribution < -0.4 is 0 Å². The molecule has 0 aromatic carbocycles. The van der Waals surface area contributed by atoms with Gasteiger partial charge in [0.25, 0.3) is 5.91 Å². The van der Waals surface area contributed by atoms with Gasteiger partial charge < -0.3 is 0 Å². The van der Waals surface area contributed by atoms with E-state index in [9.17, 15) is 4.79 Å². The molecule has 0 radical (unpaired) electrons. The normalized spacial score (nSPS) is 29.9. The molecule has 5 nitrogen and oxygen atoms in total. The molecule has 0 unspecified atom stereocenters. The van der Waals surface area contributed by atoms with Crippen molar-refractivity contribution in [2.45, 2.75) is 31.8 Å². The van der Waals surface area contributed by atoms with Crippen LogP contribution in [-0.2, 0) is 0 Å². The lowest BCUT2D eigenvalue weighted by Crippen LogP contribution is -2.61. The summed E-state index contributed by atoms with van der Waals surface area (Å²) in [6.07, 6.45) is 3.77. The number of hydrogen-bond donors (Lipinski definition) is 0. The molecule has 7 heteroatoms. The maximum Gasteiger partial charge on any atom is 0.287 e. The highest BCUT2D eigenvalue weighted by Crippen LogP contribution is 2.36. The molecule has 3 saturated heterocycles. The Labute approximate surface area is 144 Å². The number of piperidine rings is 3. The van der Waals surface area contributed by atoms with E-state index in [2.05, 4.69) is 16.8 Å². The summed E-state index contributed by atoms with van der Waals surface area (Å²) in [6.45, 7) is 4.37. The molecule has 3 fully saturated rings. The van der Waals surface area contributed by atoms with Crippen LogP contribution in [0.1, 0.15) is 30.3 Å². The van der Waals surface area contributed by atoms with E-state index in [1.54, 1.807) is 22.9 Å². The van der Waals surface area contributed by atoms with E-state index in [0.29, 0.717) is 16.8 Å². The Morgan fingerprint density at radius 1 is 1.35 bits per heavy atom. The number of carbonyl (C=O) groups is 1. The zero-order valence-corrected chi connectivity index (χ0v) is 14.3. The van der Waals surface area contributed by atoms with Gasteiger partial charge >= 0.3 is 0 Å². The highest BCUT2D eigenvalue weighted by Gasteiger charge is 2.44. The third-order valence-corrected chi connectivity index (χ3v) is 5.99. The Balaban J connectivity index is 1.62. The van der Waals surface area contributed by atoms with Crippen molar-refractivity contribution in [2.24, 2.45) is 5.92 Å². The molecule has 0 saturated carbocycles. The fraction of sp³-hybridized carbons (Fsp3) is 0.500. The number of halogens is 2. The minimum absolute atomic E-state index is 0.0417. The van der Waals surface area contributed by atoms with Crippen molar-refractivity contribution in [1.29, 1.82) is 0 Å². The van der Waals surface area contributed by atoms with Gasteiger partial charge in [-0.25, -0.2) is 9.40 Å². The molecule has 23 heavy (non-hydrogen) atoms. The van der Waals surface area contributed by atoms with Gasteiger partial charge in [-0.05, 0) is 57.0 Å². The van der Waals surface area contributed by atoms with Gasteiger partial charge in [-0.2, -0.15) is 0 Å². The van der Waals surface area contributed by atoms with E-state index in [0.717, 1.165) is 31.4 Å². The fourth-order valence-electron chi connectivity index (χ4n) is 3.99. The van der Waals surface area contributed by atoms with Gasteiger partial charge in [0.15, 0.2) is 0 Å². The third kappa shape index (κ3) is 2.42. The summed E-state index contributed by atoms with van der Waals surface area (Å²) in [7, 11) is 0. The predicted molar refractivity (Wildman–Crippen MR) is 89.8 cm³/mol. The molecule has 5 rings (SSSR count). The van der Waals surface area contributed by atoms with Crippen LogP contribution in [0.15, 0.2) is 24.5 Å². The zero-order chi connectivity index (χ0) is 16.1. The molecule has 3 aliphatic heterocycles. The van der Waals surface area contributed by atoms with Gasteiger partial charge in [0.05, 0.1) is 11.6 Å². The lowest BCUT2D eigenvalue weighted by molar-refractivity contribution is -0.00475. The average molecular weight is 353 g/mol. The van der Waals surface area contributed by atoms with Crippen molar-refractivity contribution in [3.63, 3.8) is 0 Å². The van der Waals surface area contributed by atoms with Crippen molar-refractivity contribution < 1.29 is 4.79 Å². The summed E-state index contributed by atoms with van der Waals surface area (Å²) in [5, 5.41) is 0.570. The lowest BCUT2D eigenvalue weighted by atomic mass is 9.79. The number of fused-ring (bicyclic) bond motifs is 4. The molecule has 0 spiro atoms. The van der Waals surface area contributed by atoms with Crippen LogP contribution in [0.5, 0.6) is 0 Å². The molecule has 2 aromatic heterocycles. The van der Waals surface area contributed by atoms with Gasteiger partial charge in [0.2, 0.25) is 0 Å². The summed E-state index contributed by atoms with van der Waals surface area (Å²) in [6, 6.07) is 5.70. The second-order valence-electron chi connectivity index (χ2n) is 6.45. The Morgan fingerprint density at radius 2 is 2.09 bits per heavy atom. The van der Waals surface area contributed by atoms with Crippen LogP contribution in [0.3, 0.4) is 0 Å². The topological polar surface area (TPSA) is 40.9 Å². The summed E-state index contributed by atoms with van der Waals surface area (Å²) < 4.78 is 3.11. The molecular formula is C16H18Cl2N4O. The van der Waals surface area contributed by atoms with E-state index < -0.39 is 0 Å². The summed E-state index contributed by atoms with van der Waals surface area (Å²) in [5.74, 6) is 0.236. The van der Waals surface area contributed by atoms with Gasteiger partial charge in [0.1, 0.15) is 17.2 Å². The number of hydrogen-bond acceptors (Lipinski definition) is 3. The number of amides is 1. The number of nitrogens with zero attached hydrogens (tertiary/aromatic N) is 4. The van der Waals surface area contributed by atoms with Crippen molar-refractivity contribution in [2.75, 3.05) is 13.1 Å². The molecule has 5 heterocycles. The first-order valence-electron chi connectivity index (χ1n) is 7.92. The molecule has 2 aromatic rings. The summed E-state index contributed by atoms with van der Waals surface area (Å²) >= 11 is 12.5. The maximum absolute atomic E-state index is 12.8. The van der Waals surface area contributed by atoms with Crippen molar-refractivity contribution in [3.8, 4) is 0 Å². The van der Waals surface area contributed by atoms with Crippen LogP contribution in [0.4, 0.5) is 0 Å². The van der Waals surface area contributed by atoms with E-state index in [4.69, 9.17) is 23.4 Å². The molecule has 122 valence electrons. The van der Waals surface area contributed by atoms with Crippen LogP contribution in [0.2, 0.25) is 5.15 Å². The van der Waals surface area contributed by atoms with E-state index in [1.807, 2.05) is 6.07 Å². The molecular weight excluding hydrogens is 335 g/mol. The SMILES string of the molecule is C[C@H]1[C@H](N(Cl)C(=O)c2cc3ccc(Cl)n3cn2)C2CCN1CC2. The largest absolute Gasteiger partial charge is 0.299 e. The first-order chi connectivity index (χ1) is 11.1. The molecule has 0 N–H and O–H groups in total. The van der Waals surface area contributed by atoms with Crippen LogP contribution in [0.25, 0.3) is 5.52 Å². The van der Waals surface area contributed by atoms with E-state index >= 15 is 0 Å². The number of aromatic nitrogens is 2. The van der Waals surface area contributed by atoms with Crippen molar-refractivity contribution in [1.82, 2.24) is 18.7 Å². The van der Waals surface area contributed by atoms with Crippen LogP contribution in [-0.4, -0.2) is 49.8 Å². The monoisotopic (exact) mass is 352 g/mol. The van der Waals surface area contributed by atoms with Crippen molar-refractivity contribution in [3.05, 3.63) is 35.4 Å². The number of rotatable bonds is 2. The number of carbonyl (C=O) groups excluding carboxylic acids is 1. The lowest BCUT2D eigenvalue weighted by Gasteiger charge is -2.51. The fourth-order valence-corrected chi connectivity index (χ4v) is 4.60. The molecule has 3 aliphatic rings. The summed E-state index contributed by atoms with van der Waals surface area (Å²) in [4.78, 5) is 19.4. The van der Waals surface area contributed by atoms with Crippen molar-refractivity contribution >= 4 is 34.8 Å². The average Bonchev–Trinajstić information content (AvgIpc) is 2.95. The van der Waals surface area contributed by atoms with Crippen LogP contribution >= 0.6 is 23.4 Å². The molecule has 1 amide bonds. The molecule has 2 atom stereocenters. The predicted octanol–water partition coefficient (Wildman–Crippen LogP) is 3.07. The van der Waals surface area contributed by atoms with Gasteiger partial charge in [0, 0.05) is 17.8 Å². The quantitative estimate of drug-likeness (QED) is 0.780. The minimum Gasteiger partial charge on any atom is -0.299 e. The van der Waals surface area contributed by atoms with Gasteiger partial charge in [-0.3, -0.25) is 14.1 Å². The first-order valence-corrected chi connectivity index (χ1v) is 8.64. The maximum atomic E-state index is 12.8. The third-order valence-electron chi connectivity index (χ3n) is 5.30. The first kappa shape index (κ1) is 15.2. The Bertz CT molecular complexity index is 752. The Morgan fingerprint density at radius 3 is 2.78 bits per heavy atom. The Hall–Kier alpha value is -1.30.